The highest BCUT2D eigenvalue weighted by Gasteiger charge is 2.21. The Balaban J connectivity index is 2.18. The summed E-state index contributed by atoms with van der Waals surface area (Å²) in [5, 5.41) is 3.57. The molecule has 1 fully saturated rings. The van der Waals surface area contributed by atoms with E-state index in [2.05, 4.69) is 37.9 Å². The first-order chi connectivity index (χ1) is 7.63. The van der Waals surface area contributed by atoms with Gasteiger partial charge in [-0.05, 0) is 51.7 Å². The van der Waals surface area contributed by atoms with Gasteiger partial charge >= 0.3 is 0 Å². The highest BCUT2D eigenvalue weighted by Crippen LogP contribution is 2.19. The van der Waals surface area contributed by atoms with E-state index < -0.39 is 0 Å². The third-order valence-electron chi connectivity index (χ3n) is 3.79. The molecule has 1 aliphatic heterocycles. The first-order valence-corrected chi connectivity index (χ1v) is 7.11. The second kappa shape index (κ2) is 7.29. The molecule has 1 N–H and O–H groups in total. The largest absolute Gasteiger partial charge is 0.314 e. The molecule has 0 spiro atoms. The Labute approximate surface area is 102 Å². The summed E-state index contributed by atoms with van der Waals surface area (Å²) in [6.07, 6.45) is 5.44. The zero-order valence-corrected chi connectivity index (χ0v) is 11.6. The first-order valence-electron chi connectivity index (χ1n) is 7.11. The van der Waals surface area contributed by atoms with Crippen molar-refractivity contribution in [2.75, 3.05) is 19.6 Å². The van der Waals surface area contributed by atoms with Crippen molar-refractivity contribution < 1.29 is 0 Å². The Hall–Kier alpha value is -0.0800. The Morgan fingerprint density at radius 1 is 1.19 bits per heavy atom. The van der Waals surface area contributed by atoms with Crippen LogP contribution in [0, 0.1) is 5.92 Å². The second-order valence-electron chi connectivity index (χ2n) is 5.68. The smallest absolute Gasteiger partial charge is 0.00668 e. The van der Waals surface area contributed by atoms with E-state index in [1.807, 2.05) is 0 Å². The molecular weight excluding hydrogens is 196 g/mol. The van der Waals surface area contributed by atoms with Crippen LogP contribution >= 0.6 is 0 Å². The van der Waals surface area contributed by atoms with Gasteiger partial charge in [0.2, 0.25) is 0 Å². The van der Waals surface area contributed by atoms with E-state index >= 15 is 0 Å². The van der Waals surface area contributed by atoms with E-state index in [1.54, 1.807) is 0 Å². The second-order valence-corrected chi connectivity index (χ2v) is 5.68. The van der Waals surface area contributed by atoms with Crippen molar-refractivity contribution in [2.24, 2.45) is 5.92 Å². The SMILES string of the molecule is CCCC(C)N1CCC(CNC(C)C)CC1. The van der Waals surface area contributed by atoms with Gasteiger partial charge in [-0.3, -0.25) is 0 Å². The van der Waals surface area contributed by atoms with E-state index in [4.69, 9.17) is 0 Å². The van der Waals surface area contributed by atoms with Crippen LogP contribution in [0.4, 0.5) is 0 Å². The van der Waals surface area contributed by atoms with Crippen LogP contribution < -0.4 is 5.32 Å². The van der Waals surface area contributed by atoms with Crippen molar-refractivity contribution in [1.29, 1.82) is 0 Å². The fraction of sp³-hybridized carbons (Fsp3) is 1.00. The minimum atomic E-state index is 0.636. The van der Waals surface area contributed by atoms with Crippen molar-refractivity contribution in [3.05, 3.63) is 0 Å². The number of nitrogens with one attached hydrogen (secondary N) is 1. The molecule has 0 aromatic heterocycles. The fourth-order valence-corrected chi connectivity index (χ4v) is 2.60. The molecule has 16 heavy (non-hydrogen) atoms. The average molecular weight is 226 g/mol. The normalized spacial score (nSPS) is 21.6. The standard InChI is InChI=1S/C14H30N2/c1-5-6-13(4)16-9-7-14(8-10-16)11-15-12(2)3/h12-15H,5-11H2,1-4H3. The molecule has 2 heteroatoms. The Kier molecular flexibility index (Phi) is 6.37. The Bertz CT molecular complexity index is 172. The van der Waals surface area contributed by atoms with Crippen molar-refractivity contribution in [3.63, 3.8) is 0 Å². The summed E-state index contributed by atoms with van der Waals surface area (Å²) in [4.78, 5) is 2.68. The molecule has 1 aliphatic rings. The minimum absolute atomic E-state index is 0.636. The molecule has 1 heterocycles. The number of nitrogens with zero attached hydrogens (tertiary/aromatic N) is 1. The molecule has 0 aromatic carbocycles. The van der Waals surface area contributed by atoms with Gasteiger partial charge < -0.3 is 10.2 Å². The molecule has 1 saturated heterocycles. The molecule has 0 aromatic rings. The zero-order valence-electron chi connectivity index (χ0n) is 11.6. The van der Waals surface area contributed by atoms with Crippen LogP contribution in [0.2, 0.25) is 0 Å². The molecule has 1 atom stereocenters. The van der Waals surface area contributed by atoms with Gasteiger partial charge in [0, 0.05) is 12.1 Å². The van der Waals surface area contributed by atoms with E-state index in [0.29, 0.717) is 6.04 Å². The van der Waals surface area contributed by atoms with Crippen LogP contribution in [0.3, 0.4) is 0 Å². The van der Waals surface area contributed by atoms with Gasteiger partial charge in [-0.2, -0.15) is 0 Å². The lowest BCUT2D eigenvalue weighted by Crippen LogP contribution is -2.42. The van der Waals surface area contributed by atoms with Gasteiger partial charge in [-0.1, -0.05) is 27.2 Å². The molecule has 0 saturated carbocycles. The molecular formula is C14H30N2. The molecule has 0 aliphatic carbocycles. The summed E-state index contributed by atoms with van der Waals surface area (Å²) in [6.45, 7) is 13.0. The van der Waals surface area contributed by atoms with Gasteiger partial charge in [0.25, 0.3) is 0 Å². The van der Waals surface area contributed by atoms with Gasteiger partial charge in [-0.15, -0.1) is 0 Å². The predicted octanol–water partition coefficient (Wildman–Crippen LogP) is 2.89. The van der Waals surface area contributed by atoms with Crippen LogP contribution in [0.1, 0.15) is 53.4 Å². The number of piperidine rings is 1. The quantitative estimate of drug-likeness (QED) is 0.749. The highest BCUT2D eigenvalue weighted by molar-refractivity contribution is 4.77. The topological polar surface area (TPSA) is 15.3 Å². The lowest BCUT2D eigenvalue weighted by Gasteiger charge is -2.36. The highest BCUT2D eigenvalue weighted by atomic mass is 15.2. The predicted molar refractivity (Wildman–Crippen MR) is 71.8 cm³/mol. The minimum Gasteiger partial charge on any atom is -0.314 e. The van der Waals surface area contributed by atoms with E-state index in [-0.39, 0.29) is 0 Å². The van der Waals surface area contributed by atoms with Crippen molar-refractivity contribution in [1.82, 2.24) is 10.2 Å². The lowest BCUT2D eigenvalue weighted by atomic mass is 9.95. The van der Waals surface area contributed by atoms with Gasteiger partial charge in [0.05, 0.1) is 0 Å². The molecule has 1 unspecified atom stereocenters. The number of likely N-dealkylation sites (tertiary alicyclic amines) is 1. The maximum atomic E-state index is 3.57. The number of rotatable bonds is 6. The lowest BCUT2D eigenvalue weighted by molar-refractivity contribution is 0.133. The Morgan fingerprint density at radius 3 is 2.31 bits per heavy atom. The molecule has 0 amide bonds. The maximum Gasteiger partial charge on any atom is 0.00668 e. The maximum absolute atomic E-state index is 3.57. The monoisotopic (exact) mass is 226 g/mol. The third kappa shape index (κ3) is 4.84. The summed E-state index contributed by atoms with van der Waals surface area (Å²) >= 11 is 0. The zero-order chi connectivity index (χ0) is 12.0. The third-order valence-corrected chi connectivity index (χ3v) is 3.79. The first kappa shape index (κ1) is 14.0. The molecule has 2 nitrogen and oxygen atoms in total. The Morgan fingerprint density at radius 2 is 1.81 bits per heavy atom. The summed E-state index contributed by atoms with van der Waals surface area (Å²) in [5.74, 6) is 0.910. The summed E-state index contributed by atoms with van der Waals surface area (Å²) in [5.41, 5.74) is 0. The van der Waals surface area contributed by atoms with Crippen molar-refractivity contribution in [3.8, 4) is 0 Å². The van der Waals surface area contributed by atoms with Crippen LogP contribution in [0.25, 0.3) is 0 Å². The number of hydrogen-bond acceptors (Lipinski definition) is 2. The van der Waals surface area contributed by atoms with E-state index in [0.717, 1.165) is 12.0 Å². The van der Waals surface area contributed by atoms with Crippen LogP contribution in [0.5, 0.6) is 0 Å². The summed E-state index contributed by atoms with van der Waals surface area (Å²) in [6, 6.07) is 1.43. The van der Waals surface area contributed by atoms with Crippen LogP contribution in [-0.2, 0) is 0 Å². The van der Waals surface area contributed by atoms with Crippen molar-refractivity contribution in [2.45, 2.75) is 65.5 Å². The molecule has 96 valence electrons. The molecule has 0 bridgehead atoms. The molecule has 0 radical (unpaired) electrons. The van der Waals surface area contributed by atoms with Gasteiger partial charge in [-0.25, -0.2) is 0 Å². The van der Waals surface area contributed by atoms with Crippen molar-refractivity contribution >= 4 is 0 Å². The van der Waals surface area contributed by atoms with E-state index in [9.17, 15) is 0 Å². The van der Waals surface area contributed by atoms with Crippen LogP contribution in [0.15, 0.2) is 0 Å². The van der Waals surface area contributed by atoms with Gasteiger partial charge in [0.15, 0.2) is 0 Å². The van der Waals surface area contributed by atoms with Crippen LogP contribution in [-0.4, -0.2) is 36.6 Å². The fourth-order valence-electron chi connectivity index (χ4n) is 2.60. The molecule has 1 rings (SSSR count). The van der Waals surface area contributed by atoms with E-state index in [1.165, 1.54) is 45.3 Å². The number of hydrogen-bond donors (Lipinski definition) is 1. The summed E-state index contributed by atoms with van der Waals surface area (Å²) in [7, 11) is 0. The average Bonchev–Trinajstić information content (AvgIpc) is 2.27. The van der Waals surface area contributed by atoms with Gasteiger partial charge in [0.1, 0.15) is 0 Å². The summed E-state index contributed by atoms with van der Waals surface area (Å²) < 4.78 is 0.